The molecule has 0 spiro atoms. The Morgan fingerprint density at radius 1 is 1.14 bits per heavy atom. The van der Waals surface area contributed by atoms with Crippen LogP contribution in [0.4, 0.5) is 13.2 Å². The number of esters is 1. The van der Waals surface area contributed by atoms with Gasteiger partial charge in [-0.3, -0.25) is 9.59 Å². The van der Waals surface area contributed by atoms with Gasteiger partial charge in [0.15, 0.2) is 0 Å². The fourth-order valence-electron chi connectivity index (χ4n) is 1.80. The fourth-order valence-corrected chi connectivity index (χ4v) is 1.80. The van der Waals surface area contributed by atoms with Crippen LogP contribution in [0.25, 0.3) is 0 Å². The number of ether oxygens (including phenoxy) is 1. The maximum atomic E-state index is 12.5. The summed E-state index contributed by atoms with van der Waals surface area (Å²) < 4.78 is 42.5. The van der Waals surface area contributed by atoms with E-state index in [0.717, 1.165) is 24.3 Å². The highest BCUT2D eigenvalue weighted by Crippen LogP contribution is 2.31. The zero-order valence-corrected chi connectivity index (χ0v) is 12.4. The summed E-state index contributed by atoms with van der Waals surface area (Å²) in [4.78, 5) is 23.0. The molecule has 0 aliphatic rings. The number of hydrogen-bond acceptors (Lipinski definition) is 3. The fraction of sp³-hybridized carbons (Fsp3) is 0.467. The SMILES string of the molecule is CC(C)(C)OC(=O)C[C@@H](C(=O)O)c1ccc(C(F)(F)F)cc1. The Hall–Kier alpha value is -2.05. The van der Waals surface area contributed by atoms with Crippen molar-refractivity contribution in [2.75, 3.05) is 0 Å². The number of benzene rings is 1. The van der Waals surface area contributed by atoms with E-state index in [0.29, 0.717) is 0 Å². The van der Waals surface area contributed by atoms with E-state index in [1.807, 2.05) is 0 Å². The normalized spacial score (nSPS) is 13.5. The predicted molar refractivity (Wildman–Crippen MR) is 72.3 cm³/mol. The number of carboxylic acids is 1. The van der Waals surface area contributed by atoms with Gasteiger partial charge in [-0.2, -0.15) is 13.2 Å². The maximum absolute atomic E-state index is 12.5. The number of carbonyl (C=O) groups excluding carboxylic acids is 1. The van der Waals surface area contributed by atoms with Crippen LogP contribution in [0.5, 0.6) is 0 Å². The Morgan fingerprint density at radius 2 is 1.64 bits per heavy atom. The molecule has 0 amide bonds. The molecule has 1 N–H and O–H groups in total. The molecule has 1 aromatic carbocycles. The van der Waals surface area contributed by atoms with E-state index in [2.05, 4.69) is 0 Å². The molecule has 4 nitrogen and oxygen atoms in total. The number of carboxylic acid groups (broad SMARTS) is 1. The quantitative estimate of drug-likeness (QED) is 0.862. The highest BCUT2D eigenvalue weighted by Gasteiger charge is 2.31. The van der Waals surface area contributed by atoms with E-state index in [4.69, 9.17) is 4.74 Å². The van der Waals surface area contributed by atoms with Crippen LogP contribution >= 0.6 is 0 Å². The molecule has 1 aromatic rings. The Labute approximate surface area is 125 Å². The average molecular weight is 318 g/mol. The predicted octanol–water partition coefficient (Wildman–Crippen LogP) is 3.61. The summed E-state index contributed by atoms with van der Waals surface area (Å²) in [5.41, 5.74) is -1.52. The van der Waals surface area contributed by atoms with Crippen LogP contribution in [0.3, 0.4) is 0 Å². The van der Waals surface area contributed by atoms with Crippen molar-refractivity contribution in [1.82, 2.24) is 0 Å². The largest absolute Gasteiger partial charge is 0.481 e. The summed E-state index contributed by atoms with van der Waals surface area (Å²) in [6, 6.07) is 3.71. The summed E-state index contributed by atoms with van der Waals surface area (Å²) >= 11 is 0. The number of halogens is 3. The topological polar surface area (TPSA) is 63.6 Å². The van der Waals surface area contributed by atoms with Gasteiger partial charge in [0.1, 0.15) is 5.60 Å². The molecule has 0 radical (unpaired) electrons. The van der Waals surface area contributed by atoms with Crippen LogP contribution in [-0.2, 0) is 20.5 Å². The van der Waals surface area contributed by atoms with E-state index in [9.17, 15) is 27.9 Å². The Morgan fingerprint density at radius 3 is 2.00 bits per heavy atom. The van der Waals surface area contributed by atoms with Crippen molar-refractivity contribution in [3.8, 4) is 0 Å². The molecular formula is C15H17F3O4. The first-order chi connectivity index (χ1) is 9.90. The monoisotopic (exact) mass is 318 g/mol. The van der Waals surface area contributed by atoms with Gasteiger partial charge < -0.3 is 9.84 Å². The highest BCUT2D eigenvalue weighted by molar-refractivity contribution is 5.83. The van der Waals surface area contributed by atoms with Gasteiger partial charge in [-0.25, -0.2) is 0 Å². The number of aliphatic carboxylic acids is 1. The molecule has 0 bridgehead atoms. The standard InChI is InChI=1S/C15H17F3O4/c1-14(2,3)22-12(19)8-11(13(20)21)9-4-6-10(7-5-9)15(16,17)18/h4-7,11H,8H2,1-3H3,(H,20,21)/t11-/m1/s1. The van der Waals surface area contributed by atoms with Crippen LogP contribution < -0.4 is 0 Å². The molecule has 122 valence electrons. The van der Waals surface area contributed by atoms with Crippen LogP contribution in [-0.4, -0.2) is 22.6 Å². The van der Waals surface area contributed by atoms with Crippen LogP contribution in [0, 0.1) is 0 Å². The van der Waals surface area contributed by atoms with E-state index in [1.54, 1.807) is 20.8 Å². The molecule has 0 saturated carbocycles. The lowest BCUT2D eigenvalue weighted by atomic mass is 9.95. The van der Waals surface area contributed by atoms with Crippen molar-refractivity contribution >= 4 is 11.9 Å². The van der Waals surface area contributed by atoms with E-state index in [-0.39, 0.29) is 5.56 Å². The third-order valence-electron chi connectivity index (χ3n) is 2.73. The third-order valence-corrected chi connectivity index (χ3v) is 2.73. The number of rotatable bonds is 4. The summed E-state index contributed by atoms with van der Waals surface area (Å²) in [6.07, 6.45) is -4.94. The number of carbonyl (C=O) groups is 2. The Bertz CT molecular complexity index is 541. The average Bonchev–Trinajstić information content (AvgIpc) is 2.32. The number of alkyl halides is 3. The van der Waals surface area contributed by atoms with Crippen molar-refractivity contribution < 1.29 is 32.6 Å². The molecule has 0 saturated heterocycles. The van der Waals surface area contributed by atoms with Gasteiger partial charge in [0.2, 0.25) is 0 Å². The molecule has 0 aliphatic carbocycles. The minimum absolute atomic E-state index is 0.117. The van der Waals surface area contributed by atoms with Gasteiger partial charge in [-0.05, 0) is 38.5 Å². The van der Waals surface area contributed by atoms with Crippen molar-refractivity contribution in [2.24, 2.45) is 0 Å². The lowest BCUT2D eigenvalue weighted by Crippen LogP contribution is -2.26. The minimum atomic E-state index is -4.50. The Balaban J connectivity index is 2.93. The molecular weight excluding hydrogens is 301 g/mol. The smallest absolute Gasteiger partial charge is 0.416 e. The first kappa shape index (κ1) is 18.0. The summed E-state index contributed by atoms with van der Waals surface area (Å²) in [5, 5.41) is 9.17. The van der Waals surface area contributed by atoms with Crippen LogP contribution in [0.2, 0.25) is 0 Å². The first-order valence-corrected chi connectivity index (χ1v) is 6.52. The van der Waals surface area contributed by atoms with Gasteiger partial charge in [-0.1, -0.05) is 12.1 Å². The van der Waals surface area contributed by atoms with Gasteiger partial charge in [0.25, 0.3) is 0 Å². The van der Waals surface area contributed by atoms with Gasteiger partial charge in [0.05, 0.1) is 17.9 Å². The zero-order chi connectivity index (χ0) is 17.1. The van der Waals surface area contributed by atoms with Gasteiger partial charge in [-0.15, -0.1) is 0 Å². The van der Waals surface area contributed by atoms with E-state index >= 15 is 0 Å². The molecule has 0 fully saturated rings. The second-order valence-electron chi connectivity index (χ2n) is 5.80. The lowest BCUT2D eigenvalue weighted by Gasteiger charge is -2.21. The van der Waals surface area contributed by atoms with Gasteiger partial charge in [0, 0.05) is 0 Å². The highest BCUT2D eigenvalue weighted by atomic mass is 19.4. The Kier molecular flexibility index (Phi) is 5.22. The summed E-state index contributed by atoms with van der Waals surface area (Å²) in [7, 11) is 0. The molecule has 0 unspecified atom stereocenters. The van der Waals surface area contributed by atoms with Crippen molar-refractivity contribution in [3.63, 3.8) is 0 Å². The molecule has 0 aliphatic heterocycles. The van der Waals surface area contributed by atoms with E-state index in [1.165, 1.54) is 0 Å². The van der Waals surface area contributed by atoms with Crippen LogP contribution in [0.15, 0.2) is 24.3 Å². The second kappa shape index (κ2) is 6.37. The maximum Gasteiger partial charge on any atom is 0.416 e. The molecule has 0 heterocycles. The summed E-state index contributed by atoms with van der Waals surface area (Å²) in [6.45, 7) is 4.91. The van der Waals surface area contributed by atoms with Crippen molar-refractivity contribution in [2.45, 2.75) is 44.9 Å². The van der Waals surface area contributed by atoms with Crippen LogP contribution in [0.1, 0.15) is 44.2 Å². The zero-order valence-electron chi connectivity index (χ0n) is 12.4. The molecule has 22 heavy (non-hydrogen) atoms. The first-order valence-electron chi connectivity index (χ1n) is 6.52. The molecule has 1 rings (SSSR count). The molecule has 7 heteroatoms. The minimum Gasteiger partial charge on any atom is -0.481 e. The number of hydrogen-bond donors (Lipinski definition) is 1. The third kappa shape index (κ3) is 5.38. The van der Waals surface area contributed by atoms with Crippen molar-refractivity contribution in [1.29, 1.82) is 0 Å². The molecule has 0 aromatic heterocycles. The summed E-state index contributed by atoms with van der Waals surface area (Å²) in [5.74, 6) is -3.28. The second-order valence-corrected chi connectivity index (χ2v) is 5.80. The molecule has 1 atom stereocenters. The van der Waals surface area contributed by atoms with E-state index < -0.39 is 41.6 Å². The van der Waals surface area contributed by atoms with Gasteiger partial charge >= 0.3 is 18.1 Å². The lowest BCUT2D eigenvalue weighted by molar-refractivity contribution is -0.158. The van der Waals surface area contributed by atoms with Crippen molar-refractivity contribution in [3.05, 3.63) is 35.4 Å².